The maximum Gasteiger partial charge on any atom is 0.348 e. The third kappa shape index (κ3) is 6.31. The largest absolute Gasteiger partial charge is 0.481 e. The molecule has 1 aromatic heterocycles. The predicted octanol–water partition coefficient (Wildman–Crippen LogP) is 2.92. The highest BCUT2D eigenvalue weighted by Crippen LogP contribution is 2.36. The summed E-state index contributed by atoms with van der Waals surface area (Å²) in [6.07, 6.45) is -0.875. The summed E-state index contributed by atoms with van der Waals surface area (Å²) in [5, 5.41) is 3.08. The molecule has 2 aromatic rings. The minimum Gasteiger partial charge on any atom is -0.481 e. The first-order valence-electron chi connectivity index (χ1n) is 10.7. The Kier molecular flexibility index (Phi) is 8.71. The van der Waals surface area contributed by atoms with Crippen molar-refractivity contribution in [2.75, 3.05) is 25.3 Å². The number of nitrogens with one attached hydrogen (secondary N) is 3. The number of carbonyl (C=O) groups excluding carboxylic acids is 3. The van der Waals surface area contributed by atoms with Crippen molar-refractivity contribution in [1.29, 1.82) is 0 Å². The SMILES string of the molecule is CCOC(=O)c1sc(NC(=S)NNC(=O)C(C)Oc2ccc3c(c2)OCO3)c(C(=O)OCC)c1C. The number of hydrazine groups is 1. The molecule has 1 aliphatic rings. The van der Waals surface area contributed by atoms with Crippen molar-refractivity contribution in [2.24, 2.45) is 0 Å². The molecule has 3 N–H and O–H groups in total. The zero-order valence-electron chi connectivity index (χ0n) is 19.5. The van der Waals surface area contributed by atoms with Gasteiger partial charge in [0.05, 0.1) is 18.8 Å². The van der Waals surface area contributed by atoms with Crippen LogP contribution in [0.2, 0.25) is 0 Å². The van der Waals surface area contributed by atoms with Gasteiger partial charge in [-0.25, -0.2) is 9.59 Å². The van der Waals surface area contributed by atoms with E-state index in [0.717, 1.165) is 11.3 Å². The number of hydrogen-bond acceptors (Lipinski definition) is 10. The zero-order valence-corrected chi connectivity index (χ0v) is 21.1. The lowest BCUT2D eigenvalue weighted by Gasteiger charge is -2.16. The molecule has 1 unspecified atom stereocenters. The fraction of sp³-hybridized carbons (Fsp3) is 0.364. The van der Waals surface area contributed by atoms with Crippen molar-refractivity contribution in [3.63, 3.8) is 0 Å². The molecule has 0 spiro atoms. The average molecular weight is 524 g/mol. The Balaban J connectivity index is 1.61. The quantitative estimate of drug-likeness (QED) is 0.268. The van der Waals surface area contributed by atoms with E-state index in [2.05, 4.69) is 16.2 Å². The van der Waals surface area contributed by atoms with E-state index in [0.29, 0.717) is 22.8 Å². The van der Waals surface area contributed by atoms with Gasteiger partial charge in [0.1, 0.15) is 15.6 Å². The van der Waals surface area contributed by atoms with Gasteiger partial charge >= 0.3 is 11.9 Å². The van der Waals surface area contributed by atoms with Crippen molar-refractivity contribution >= 4 is 51.5 Å². The monoisotopic (exact) mass is 523 g/mol. The van der Waals surface area contributed by atoms with Gasteiger partial charge in [0.2, 0.25) is 6.79 Å². The third-order valence-corrected chi connectivity index (χ3v) is 6.03. The van der Waals surface area contributed by atoms with Crippen LogP contribution in [0.25, 0.3) is 0 Å². The molecule has 1 aliphatic heterocycles. The molecule has 0 saturated heterocycles. The normalized spacial score (nSPS) is 12.3. The fourth-order valence-electron chi connectivity index (χ4n) is 3.00. The summed E-state index contributed by atoms with van der Waals surface area (Å²) in [7, 11) is 0. The Morgan fingerprint density at radius 3 is 2.49 bits per heavy atom. The van der Waals surface area contributed by atoms with Gasteiger partial charge in [-0.2, -0.15) is 0 Å². The second-order valence-electron chi connectivity index (χ2n) is 7.04. The number of fused-ring (bicyclic) bond motifs is 1. The first kappa shape index (κ1) is 26.0. The Bertz CT molecular complexity index is 1130. The van der Waals surface area contributed by atoms with E-state index < -0.39 is 23.9 Å². The molecule has 1 atom stereocenters. The van der Waals surface area contributed by atoms with E-state index in [9.17, 15) is 14.4 Å². The summed E-state index contributed by atoms with van der Waals surface area (Å²) in [6.45, 7) is 7.01. The van der Waals surface area contributed by atoms with Gasteiger partial charge in [-0.15, -0.1) is 11.3 Å². The second kappa shape index (κ2) is 11.7. The average Bonchev–Trinajstić information content (AvgIpc) is 3.41. The number of thiocarbonyl (C=S) groups is 1. The van der Waals surface area contributed by atoms with Crippen molar-refractivity contribution in [2.45, 2.75) is 33.8 Å². The second-order valence-corrected chi connectivity index (χ2v) is 8.47. The first-order valence-corrected chi connectivity index (χ1v) is 11.9. The topological polar surface area (TPSA) is 133 Å². The number of esters is 2. The molecule has 13 heteroatoms. The van der Waals surface area contributed by atoms with E-state index in [-0.39, 0.29) is 40.6 Å². The summed E-state index contributed by atoms with van der Waals surface area (Å²) in [6, 6.07) is 4.98. The number of benzene rings is 1. The molecule has 3 rings (SSSR count). The van der Waals surface area contributed by atoms with Crippen LogP contribution < -0.4 is 30.4 Å². The van der Waals surface area contributed by atoms with E-state index in [1.807, 2.05) is 0 Å². The van der Waals surface area contributed by atoms with Crippen LogP contribution in [0.4, 0.5) is 5.00 Å². The van der Waals surface area contributed by atoms with Gasteiger partial charge in [0, 0.05) is 6.07 Å². The number of ether oxygens (including phenoxy) is 5. The van der Waals surface area contributed by atoms with E-state index >= 15 is 0 Å². The molecule has 1 amide bonds. The summed E-state index contributed by atoms with van der Waals surface area (Å²) >= 11 is 6.23. The number of hydrogen-bond donors (Lipinski definition) is 3. The maximum atomic E-state index is 12.5. The van der Waals surface area contributed by atoms with Gasteiger partial charge < -0.3 is 29.0 Å². The predicted molar refractivity (Wildman–Crippen MR) is 131 cm³/mol. The lowest BCUT2D eigenvalue weighted by molar-refractivity contribution is -0.127. The minimum atomic E-state index is -0.875. The van der Waals surface area contributed by atoms with Gasteiger partial charge in [-0.3, -0.25) is 15.6 Å². The highest BCUT2D eigenvalue weighted by Gasteiger charge is 2.27. The Morgan fingerprint density at radius 1 is 1.09 bits per heavy atom. The van der Waals surface area contributed by atoms with Gasteiger partial charge in [-0.05, 0) is 57.6 Å². The molecule has 2 heterocycles. The molecular formula is C22H25N3O8S2. The number of anilines is 1. The highest BCUT2D eigenvalue weighted by molar-refractivity contribution is 7.80. The van der Waals surface area contributed by atoms with E-state index in [4.69, 9.17) is 35.9 Å². The van der Waals surface area contributed by atoms with Gasteiger partial charge in [0.15, 0.2) is 22.7 Å². The fourth-order valence-corrected chi connectivity index (χ4v) is 4.31. The smallest absolute Gasteiger partial charge is 0.348 e. The first-order chi connectivity index (χ1) is 16.7. The van der Waals surface area contributed by atoms with Crippen LogP contribution >= 0.6 is 23.6 Å². The lowest BCUT2D eigenvalue weighted by atomic mass is 10.1. The number of thiophene rings is 1. The molecule has 1 aromatic carbocycles. The van der Waals surface area contributed by atoms with Crippen molar-refractivity contribution in [3.05, 3.63) is 34.2 Å². The van der Waals surface area contributed by atoms with Crippen LogP contribution in [0.15, 0.2) is 18.2 Å². The van der Waals surface area contributed by atoms with Crippen molar-refractivity contribution in [1.82, 2.24) is 10.9 Å². The van der Waals surface area contributed by atoms with Crippen molar-refractivity contribution < 1.29 is 38.1 Å². The maximum absolute atomic E-state index is 12.5. The molecule has 0 bridgehead atoms. The summed E-state index contributed by atoms with van der Waals surface area (Å²) < 4.78 is 26.3. The van der Waals surface area contributed by atoms with Gasteiger partial charge in [0.25, 0.3) is 5.91 Å². The number of amides is 1. The lowest BCUT2D eigenvalue weighted by Crippen LogP contribution is -2.48. The molecule has 0 saturated carbocycles. The molecule has 35 heavy (non-hydrogen) atoms. The van der Waals surface area contributed by atoms with Gasteiger partial charge in [-0.1, -0.05) is 0 Å². The summed E-state index contributed by atoms with van der Waals surface area (Å²) in [4.78, 5) is 37.4. The molecule has 0 fully saturated rings. The van der Waals surface area contributed by atoms with Crippen LogP contribution in [0.1, 0.15) is 46.4 Å². The minimum absolute atomic E-state index is 0.0177. The Hall–Kier alpha value is -3.58. The standard InChI is InChI=1S/C22H25N3O8S2/c1-5-29-20(27)16-11(3)17(21(28)30-6-2)35-19(16)23-22(34)25-24-18(26)12(4)33-13-7-8-14-15(9-13)32-10-31-14/h7-9,12H,5-6,10H2,1-4H3,(H,24,26)(H2,23,25,34). The molecular weight excluding hydrogens is 498 g/mol. The highest BCUT2D eigenvalue weighted by atomic mass is 32.1. The molecule has 0 radical (unpaired) electrons. The Morgan fingerprint density at radius 2 is 1.77 bits per heavy atom. The van der Waals surface area contributed by atoms with Crippen LogP contribution in [0, 0.1) is 6.92 Å². The van der Waals surface area contributed by atoms with E-state index in [1.54, 1.807) is 45.9 Å². The van der Waals surface area contributed by atoms with Crippen LogP contribution in [0.3, 0.4) is 0 Å². The third-order valence-electron chi connectivity index (χ3n) is 4.64. The molecule has 0 aliphatic carbocycles. The summed E-state index contributed by atoms with van der Waals surface area (Å²) in [5.41, 5.74) is 5.56. The Labute approximate surface area is 211 Å². The van der Waals surface area contributed by atoms with Crippen LogP contribution in [-0.4, -0.2) is 49.1 Å². The van der Waals surface area contributed by atoms with E-state index in [1.165, 1.54) is 0 Å². The van der Waals surface area contributed by atoms with Crippen LogP contribution in [0.5, 0.6) is 17.2 Å². The number of carbonyl (C=O) groups is 3. The van der Waals surface area contributed by atoms with Crippen molar-refractivity contribution in [3.8, 4) is 17.2 Å². The van der Waals surface area contributed by atoms with Crippen LogP contribution in [-0.2, 0) is 14.3 Å². The molecule has 188 valence electrons. The molecule has 11 nitrogen and oxygen atoms in total. The zero-order chi connectivity index (χ0) is 25.5. The summed E-state index contributed by atoms with van der Waals surface area (Å²) in [5.74, 6) is -0.120. The number of rotatable bonds is 8.